The molecular formula is C15H21F2N3S. The zero-order valence-electron chi connectivity index (χ0n) is 12.2. The van der Waals surface area contributed by atoms with E-state index in [0.717, 1.165) is 13.1 Å². The minimum atomic E-state index is -0.988. The predicted molar refractivity (Wildman–Crippen MR) is 85.6 cm³/mol. The fourth-order valence-corrected chi connectivity index (χ4v) is 2.78. The van der Waals surface area contributed by atoms with E-state index in [9.17, 15) is 8.78 Å². The summed E-state index contributed by atoms with van der Waals surface area (Å²) in [6.45, 7) is 4.80. The molecule has 3 nitrogen and oxygen atoms in total. The van der Waals surface area contributed by atoms with E-state index in [1.165, 1.54) is 31.4 Å². The quantitative estimate of drug-likeness (QED) is 0.820. The second-order valence-corrected chi connectivity index (χ2v) is 5.92. The molecule has 1 aromatic rings. The average molecular weight is 313 g/mol. The van der Waals surface area contributed by atoms with Gasteiger partial charge in [0.15, 0.2) is 11.6 Å². The molecule has 1 unspecified atom stereocenters. The molecule has 116 valence electrons. The Morgan fingerprint density at radius 2 is 1.95 bits per heavy atom. The number of hydrogen-bond acceptors (Lipinski definition) is 3. The molecule has 6 heteroatoms. The highest BCUT2D eigenvalue weighted by atomic mass is 32.1. The van der Waals surface area contributed by atoms with E-state index in [-0.39, 0.29) is 22.3 Å². The molecule has 2 rings (SSSR count). The molecule has 0 bridgehead atoms. The van der Waals surface area contributed by atoms with Gasteiger partial charge >= 0.3 is 0 Å². The smallest absolute Gasteiger partial charge is 0.182 e. The number of hydrogen-bond donors (Lipinski definition) is 2. The maximum atomic E-state index is 13.9. The fourth-order valence-electron chi connectivity index (χ4n) is 2.62. The summed E-state index contributed by atoms with van der Waals surface area (Å²) in [6, 6.07) is 3.17. The predicted octanol–water partition coefficient (Wildman–Crippen LogP) is 2.89. The van der Waals surface area contributed by atoms with Crippen LogP contribution in [-0.2, 0) is 0 Å². The average Bonchev–Trinajstić information content (AvgIpc) is 2.49. The summed E-state index contributed by atoms with van der Waals surface area (Å²) in [5, 5.41) is 2.98. The maximum absolute atomic E-state index is 13.9. The summed E-state index contributed by atoms with van der Waals surface area (Å²) in [4.78, 5) is 2.23. The topological polar surface area (TPSA) is 41.3 Å². The van der Waals surface area contributed by atoms with Crippen molar-refractivity contribution >= 4 is 22.9 Å². The number of nitrogens with one attached hydrogen (secondary N) is 1. The first kappa shape index (κ1) is 16.1. The van der Waals surface area contributed by atoms with E-state index in [0.29, 0.717) is 6.54 Å². The molecule has 0 aromatic heterocycles. The number of halogens is 2. The second-order valence-electron chi connectivity index (χ2n) is 5.48. The molecule has 1 aromatic carbocycles. The van der Waals surface area contributed by atoms with Gasteiger partial charge < -0.3 is 11.1 Å². The molecular weight excluding hydrogens is 292 g/mol. The van der Waals surface area contributed by atoms with Crippen LogP contribution in [0.2, 0.25) is 0 Å². The standard InChI is InChI=1S/C15H21F2N3S/c1-10(20-7-3-2-4-8-20)9-19-12-6-5-11(15(18)21)13(16)14(12)17/h5-6,10,19H,2-4,7-9H2,1H3,(H2,18,21). The molecule has 1 saturated heterocycles. The summed E-state index contributed by atoms with van der Waals surface area (Å²) in [7, 11) is 0. The van der Waals surface area contributed by atoms with E-state index in [2.05, 4.69) is 29.4 Å². The number of anilines is 1. The number of nitrogens with zero attached hydrogens (tertiary/aromatic N) is 1. The van der Waals surface area contributed by atoms with Gasteiger partial charge in [-0.05, 0) is 45.0 Å². The van der Waals surface area contributed by atoms with Crippen molar-refractivity contribution in [1.29, 1.82) is 0 Å². The number of benzene rings is 1. The summed E-state index contributed by atoms with van der Waals surface area (Å²) in [5.41, 5.74) is 5.44. The monoisotopic (exact) mass is 313 g/mol. The number of nitrogens with two attached hydrogens (primary N) is 1. The highest BCUT2D eigenvalue weighted by molar-refractivity contribution is 7.80. The maximum Gasteiger partial charge on any atom is 0.182 e. The molecule has 0 spiro atoms. The first-order chi connectivity index (χ1) is 10.0. The zero-order chi connectivity index (χ0) is 15.4. The second kappa shape index (κ2) is 7.13. The van der Waals surface area contributed by atoms with Crippen molar-refractivity contribution in [2.45, 2.75) is 32.2 Å². The Kier molecular flexibility index (Phi) is 5.47. The molecule has 1 fully saturated rings. The number of rotatable bonds is 5. The Bertz CT molecular complexity index is 516. The zero-order valence-corrected chi connectivity index (χ0v) is 13.0. The van der Waals surface area contributed by atoms with Crippen molar-refractivity contribution in [1.82, 2.24) is 4.90 Å². The third-order valence-corrected chi connectivity index (χ3v) is 4.17. The van der Waals surface area contributed by atoms with E-state index >= 15 is 0 Å². The third-order valence-electron chi connectivity index (χ3n) is 3.95. The van der Waals surface area contributed by atoms with Gasteiger partial charge in [0.05, 0.1) is 5.69 Å². The van der Waals surface area contributed by atoms with Crippen LogP contribution in [0.4, 0.5) is 14.5 Å². The first-order valence-electron chi connectivity index (χ1n) is 7.26. The van der Waals surface area contributed by atoms with Crippen LogP contribution in [0, 0.1) is 11.6 Å². The van der Waals surface area contributed by atoms with Crippen LogP contribution in [0.25, 0.3) is 0 Å². The summed E-state index contributed by atoms with van der Waals surface area (Å²) < 4.78 is 27.7. The van der Waals surface area contributed by atoms with Crippen LogP contribution in [0.1, 0.15) is 31.7 Å². The van der Waals surface area contributed by atoms with Gasteiger partial charge in [0, 0.05) is 18.2 Å². The van der Waals surface area contributed by atoms with Crippen molar-refractivity contribution in [3.8, 4) is 0 Å². The van der Waals surface area contributed by atoms with Crippen molar-refractivity contribution in [2.24, 2.45) is 5.73 Å². The van der Waals surface area contributed by atoms with E-state index in [1.54, 1.807) is 0 Å². The Hall–Kier alpha value is -1.27. The number of thiocarbonyl (C=S) groups is 1. The highest BCUT2D eigenvalue weighted by Crippen LogP contribution is 2.21. The molecule has 0 amide bonds. The Morgan fingerprint density at radius 1 is 1.29 bits per heavy atom. The van der Waals surface area contributed by atoms with Gasteiger partial charge in [0.2, 0.25) is 0 Å². The molecule has 0 radical (unpaired) electrons. The molecule has 1 atom stereocenters. The van der Waals surface area contributed by atoms with Gasteiger partial charge in [-0.3, -0.25) is 4.90 Å². The van der Waals surface area contributed by atoms with Crippen molar-refractivity contribution < 1.29 is 8.78 Å². The molecule has 1 heterocycles. The Labute approximate surface area is 129 Å². The lowest BCUT2D eigenvalue weighted by atomic mass is 10.1. The molecule has 0 aliphatic carbocycles. The Balaban J connectivity index is 1.99. The lowest BCUT2D eigenvalue weighted by Crippen LogP contribution is -2.41. The summed E-state index contributed by atoms with van der Waals surface area (Å²) >= 11 is 4.69. The van der Waals surface area contributed by atoms with Crippen molar-refractivity contribution in [3.63, 3.8) is 0 Å². The van der Waals surface area contributed by atoms with E-state index in [1.807, 2.05) is 0 Å². The van der Waals surface area contributed by atoms with Gasteiger partial charge in [0.25, 0.3) is 0 Å². The Morgan fingerprint density at radius 3 is 2.57 bits per heavy atom. The van der Waals surface area contributed by atoms with Crippen LogP contribution in [-0.4, -0.2) is 35.6 Å². The van der Waals surface area contributed by atoms with Crippen LogP contribution in [0.3, 0.4) is 0 Å². The van der Waals surface area contributed by atoms with Crippen molar-refractivity contribution in [2.75, 3.05) is 25.0 Å². The van der Waals surface area contributed by atoms with E-state index in [4.69, 9.17) is 5.73 Å². The number of piperidine rings is 1. The van der Waals surface area contributed by atoms with Crippen LogP contribution >= 0.6 is 12.2 Å². The summed E-state index contributed by atoms with van der Waals surface area (Å²) in [6.07, 6.45) is 3.68. The van der Waals surface area contributed by atoms with Crippen molar-refractivity contribution in [3.05, 3.63) is 29.3 Å². The molecule has 21 heavy (non-hydrogen) atoms. The lowest BCUT2D eigenvalue weighted by Gasteiger charge is -2.32. The largest absolute Gasteiger partial charge is 0.389 e. The SMILES string of the molecule is CC(CNc1ccc(C(N)=S)c(F)c1F)N1CCCCC1. The first-order valence-corrected chi connectivity index (χ1v) is 7.67. The molecule has 1 aliphatic heterocycles. The minimum Gasteiger partial charge on any atom is -0.389 e. The van der Waals surface area contributed by atoms with Crippen LogP contribution in [0.5, 0.6) is 0 Å². The highest BCUT2D eigenvalue weighted by Gasteiger charge is 2.18. The number of likely N-dealkylation sites (tertiary alicyclic amines) is 1. The minimum absolute atomic E-state index is 0.0582. The molecule has 0 saturated carbocycles. The van der Waals surface area contributed by atoms with Crippen LogP contribution in [0.15, 0.2) is 12.1 Å². The van der Waals surface area contributed by atoms with Gasteiger partial charge in [-0.2, -0.15) is 0 Å². The fraction of sp³-hybridized carbons (Fsp3) is 0.533. The molecule has 1 aliphatic rings. The van der Waals surface area contributed by atoms with Gasteiger partial charge in [0.1, 0.15) is 4.99 Å². The normalized spacial score (nSPS) is 17.5. The van der Waals surface area contributed by atoms with Gasteiger partial charge in [-0.25, -0.2) is 8.78 Å². The third kappa shape index (κ3) is 3.89. The van der Waals surface area contributed by atoms with Gasteiger partial charge in [-0.15, -0.1) is 0 Å². The van der Waals surface area contributed by atoms with E-state index < -0.39 is 11.6 Å². The van der Waals surface area contributed by atoms with Gasteiger partial charge in [-0.1, -0.05) is 18.6 Å². The summed E-state index contributed by atoms with van der Waals surface area (Å²) in [5.74, 6) is -1.91. The molecule has 3 N–H and O–H groups in total. The lowest BCUT2D eigenvalue weighted by molar-refractivity contribution is 0.180. The van der Waals surface area contributed by atoms with Crippen LogP contribution < -0.4 is 11.1 Å².